The second-order valence-corrected chi connectivity index (χ2v) is 3.06. The molecule has 74 valence electrons. The molecule has 1 heterocycles. The lowest BCUT2D eigenvalue weighted by Crippen LogP contribution is -2.00. The van der Waals surface area contributed by atoms with Crippen LogP contribution in [-0.4, -0.2) is 9.49 Å². The summed E-state index contributed by atoms with van der Waals surface area (Å²) in [7, 11) is 0. The Morgan fingerprint density at radius 3 is 2.87 bits per heavy atom. The molecule has 0 fully saturated rings. The number of nitriles is 1. The minimum absolute atomic E-state index is 0.0101. The molecule has 0 aliphatic carbocycles. The molecule has 0 saturated heterocycles. The topological polar surface area (TPSA) is 71.9 Å². The number of fused-ring (bicyclic) bond motifs is 1. The van der Waals surface area contributed by atoms with Gasteiger partial charge in [-0.15, -0.1) is 0 Å². The summed E-state index contributed by atoms with van der Waals surface area (Å²) in [5.41, 5.74) is 0.714. The zero-order valence-electron chi connectivity index (χ0n) is 7.75. The molecule has 0 bridgehead atoms. The molecule has 0 spiro atoms. The summed E-state index contributed by atoms with van der Waals surface area (Å²) in [6, 6.07) is 10.5. The smallest absolute Gasteiger partial charge is 0.325 e. The highest BCUT2D eigenvalue weighted by Crippen LogP contribution is 2.24. The molecule has 2 aromatic rings. The van der Waals surface area contributed by atoms with Crippen LogP contribution in [0.2, 0.25) is 0 Å². The Morgan fingerprint density at radius 1 is 1.47 bits per heavy atom. The Balaban J connectivity index is 2.75. The van der Waals surface area contributed by atoms with Crippen molar-refractivity contribution in [3.8, 4) is 6.07 Å². The van der Waals surface area contributed by atoms with Crippen LogP contribution >= 0.6 is 0 Å². The van der Waals surface area contributed by atoms with Crippen LogP contribution in [0, 0.1) is 21.4 Å². The first-order chi connectivity index (χ1) is 7.24. The standard InChI is InChI=1S/C10H7N3O2/c11-5-6-12-9-4-2-1-3-8(9)7-10(12)13(14)15/h1-4,7H,6H2. The Hall–Kier alpha value is -2.35. The van der Waals surface area contributed by atoms with E-state index in [0.29, 0.717) is 5.52 Å². The van der Waals surface area contributed by atoms with E-state index in [1.807, 2.05) is 12.1 Å². The van der Waals surface area contributed by atoms with E-state index in [9.17, 15) is 10.1 Å². The highest BCUT2D eigenvalue weighted by molar-refractivity contribution is 5.83. The van der Waals surface area contributed by atoms with Gasteiger partial charge in [0.1, 0.15) is 11.6 Å². The minimum Gasteiger partial charge on any atom is -0.358 e. The van der Waals surface area contributed by atoms with Crippen LogP contribution in [-0.2, 0) is 6.54 Å². The maximum atomic E-state index is 10.7. The van der Waals surface area contributed by atoms with Gasteiger partial charge in [-0.2, -0.15) is 5.26 Å². The molecule has 1 aromatic heterocycles. The summed E-state index contributed by atoms with van der Waals surface area (Å²) in [6.45, 7) is -0.0101. The third-order valence-corrected chi connectivity index (χ3v) is 2.20. The Kier molecular flexibility index (Phi) is 2.10. The zero-order chi connectivity index (χ0) is 10.8. The van der Waals surface area contributed by atoms with Gasteiger partial charge in [-0.05, 0) is 11.0 Å². The van der Waals surface area contributed by atoms with Crippen LogP contribution in [0.4, 0.5) is 5.82 Å². The molecule has 0 saturated carbocycles. The molecule has 0 aliphatic rings. The van der Waals surface area contributed by atoms with Crippen molar-refractivity contribution < 1.29 is 4.92 Å². The van der Waals surface area contributed by atoms with E-state index in [-0.39, 0.29) is 12.4 Å². The number of benzene rings is 1. The van der Waals surface area contributed by atoms with Gasteiger partial charge in [-0.1, -0.05) is 18.2 Å². The molecular formula is C10H7N3O2. The summed E-state index contributed by atoms with van der Waals surface area (Å²) < 4.78 is 1.40. The molecule has 5 heteroatoms. The summed E-state index contributed by atoms with van der Waals surface area (Å²) in [6.07, 6.45) is 0. The maximum absolute atomic E-state index is 10.7. The average Bonchev–Trinajstić information content (AvgIpc) is 2.58. The molecule has 1 aromatic carbocycles. The molecule has 0 N–H and O–H groups in total. The van der Waals surface area contributed by atoms with Crippen molar-refractivity contribution in [3.63, 3.8) is 0 Å². The van der Waals surface area contributed by atoms with E-state index in [1.165, 1.54) is 10.6 Å². The SMILES string of the molecule is N#CCn1c([N+](=O)[O-])cc2ccccc21. The van der Waals surface area contributed by atoms with Gasteiger partial charge in [0, 0.05) is 11.5 Å². The average molecular weight is 201 g/mol. The minimum atomic E-state index is -0.475. The van der Waals surface area contributed by atoms with Crippen LogP contribution in [0.3, 0.4) is 0 Å². The second-order valence-electron chi connectivity index (χ2n) is 3.06. The second kappa shape index (κ2) is 3.42. The maximum Gasteiger partial charge on any atom is 0.325 e. The number of para-hydroxylation sites is 1. The van der Waals surface area contributed by atoms with Crippen molar-refractivity contribution in [2.45, 2.75) is 6.54 Å². The predicted octanol–water partition coefficient (Wildman–Crippen LogP) is 2.07. The number of nitrogens with zero attached hydrogens (tertiary/aromatic N) is 3. The number of aromatic nitrogens is 1. The molecule has 0 atom stereocenters. The summed E-state index contributed by atoms with van der Waals surface area (Å²) in [5, 5.41) is 20.1. The van der Waals surface area contributed by atoms with E-state index in [0.717, 1.165) is 5.39 Å². The summed E-state index contributed by atoms with van der Waals surface area (Å²) >= 11 is 0. The molecular weight excluding hydrogens is 194 g/mol. The van der Waals surface area contributed by atoms with Gasteiger partial charge < -0.3 is 10.1 Å². The fourth-order valence-corrected chi connectivity index (χ4v) is 1.58. The van der Waals surface area contributed by atoms with Gasteiger partial charge in [-0.3, -0.25) is 0 Å². The van der Waals surface area contributed by atoms with Gasteiger partial charge in [0.25, 0.3) is 0 Å². The van der Waals surface area contributed by atoms with E-state index in [1.54, 1.807) is 18.2 Å². The van der Waals surface area contributed by atoms with Crippen LogP contribution in [0.15, 0.2) is 30.3 Å². The van der Waals surface area contributed by atoms with Gasteiger partial charge >= 0.3 is 5.82 Å². The van der Waals surface area contributed by atoms with Crippen LogP contribution in [0.1, 0.15) is 0 Å². The highest BCUT2D eigenvalue weighted by atomic mass is 16.6. The first-order valence-corrected chi connectivity index (χ1v) is 4.33. The van der Waals surface area contributed by atoms with Crippen molar-refractivity contribution in [2.24, 2.45) is 0 Å². The normalized spacial score (nSPS) is 10.1. The fraction of sp³-hybridized carbons (Fsp3) is 0.100. The predicted molar refractivity (Wildman–Crippen MR) is 54.2 cm³/mol. The molecule has 0 radical (unpaired) electrons. The first kappa shape index (κ1) is 9.21. The van der Waals surface area contributed by atoms with Gasteiger partial charge in [0.15, 0.2) is 6.54 Å². The van der Waals surface area contributed by atoms with E-state index in [4.69, 9.17) is 5.26 Å². The first-order valence-electron chi connectivity index (χ1n) is 4.33. The van der Waals surface area contributed by atoms with Crippen molar-refractivity contribution in [3.05, 3.63) is 40.4 Å². The Bertz CT molecular complexity index is 566. The monoisotopic (exact) mass is 201 g/mol. The van der Waals surface area contributed by atoms with E-state index >= 15 is 0 Å². The van der Waals surface area contributed by atoms with Gasteiger partial charge in [0.2, 0.25) is 0 Å². The number of nitro groups is 1. The van der Waals surface area contributed by atoms with Crippen LogP contribution in [0.5, 0.6) is 0 Å². The van der Waals surface area contributed by atoms with E-state index < -0.39 is 4.92 Å². The fourth-order valence-electron chi connectivity index (χ4n) is 1.58. The van der Waals surface area contributed by atoms with Crippen LogP contribution in [0.25, 0.3) is 10.9 Å². The van der Waals surface area contributed by atoms with Crippen molar-refractivity contribution in [2.75, 3.05) is 0 Å². The van der Waals surface area contributed by atoms with Crippen molar-refractivity contribution >= 4 is 16.7 Å². The molecule has 0 amide bonds. The van der Waals surface area contributed by atoms with Crippen molar-refractivity contribution in [1.82, 2.24) is 4.57 Å². The molecule has 0 aliphatic heterocycles. The van der Waals surface area contributed by atoms with Gasteiger partial charge in [-0.25, -0.2) is 4.57 Å². The number of hydrogen-bond acceptors (Lipinski definition) is 3. The largest absolute Gasteiger partial charge is 0.358 e. The van der Waals surface area contributed by atoms with Crippen LogP contribution < -0.4 is 0 Å². The quantitative estimate of drug-likeness (QED) is 0.551. The molecule has 5 nitrogen and oxygen atoms in total. The zero-order valence-corrected chi connectivity index (χ0v) is 7.75. The third kappa shape index (κ3) is 1.42. The summed E-state index contributed by atoms with van der Waals surface area (Å²) in [4.78, 5) is 10.3. The lowest BCUT2D eigenvalue weighted by Gasteiger charge is -1.96. The van der Waals surface area contributed by atoms with Crippen molar-refractivity contribution in [1.29, 1.82) is 5.26 Å². The lowest BCUT2D eigenvalue weighted by atomic mass is 10.2. The Labute approximate surface area is 85.3 Å². The van der Waals surface area contributed by atoms with E-state index in [2.05, 4.69) is 0 Å². The molecule has 2 rings (SSSR count). The Morgan fingerprint density at radius 2 is 2.20 bits per heavy atom. The highest BCUT2D eigenvalue weighted by Gasteiger charge is 2.17. The molecule has 15 heavy (non-hydrogen) atoms. The summed E-state index contributed by atoms with van der Waals surface area (Å²) in [5.74, 6) is -0.0437. The molecule has 0 unspecified atom stereocenters. The lowest BCUT2D eigenvalue weighted by molar-refractivity contribution is -0.391. The number of hydrogen-bond donors (Lipinski definition) is 0. The third-order valence-electron chi connectivity index (χ3n) is 2.20. The number of rotatable bonds is 2. The van der Waals surface area contributed by atoms with Gasteiger partial charge in [0.05, 0.1) is 0 Å².